The van der Waals surface area contributed by atoms with Gasteiger partial charge in [0.2, 0.25) is 0 Å². The van der Waals surface area contributed by atoms with E-state index in [-0.39, 0.29) is 6.03 Å². The van der Waals surface area contributed by atoms with Crippen LogP contribution in [0.5, 0.6) is 0 Å². The highest BCUT2D eigenvalue weighted by Crippen LogP contribution is 2.35. The van der Waals surface area contributed by atoms with Crippen molar-refractivity contribution in [2.75, 3.05) is 24.5 Å². The molecule has 5 heteroatoms. The highest BCUT2D eigenvalue weighted by molar-refractivity contribution is 5.75. The fourth-order valence-corrected chi connectivity index (χ4v) is 5.20. The van der Waals surface area contributed by atoms with Gasteiger partial charge >= 0.3 is 6.03 Å². The normalized spacial score (nSPS) is 24.2. The molecule has 5 nitrogen and oxygen atoms in total. The second kappa shape index (κ2) is 8.94. The number of pyridine rings is 1. The molecule has 2 amide bonds. The molecule has 2 aliphatic heterocycles. The highest BCUT2D eigenvalue weighted by atomic mass is 16.2. The maximum Gasteiger partial charge on any atom is 0.317 e. The molecule has 1 aliphatic carbocycles. The van der Waals surface area contributed by atoms with Crippen LogP contribution in [-0.4, -0.2) is 41.6 Å². The summed E-state index contributed by atoms with van der Waals surface area (Å²) in [6, 6.07) is 4.78. The Kier molecular flexibility index (Phi) is 6.15. The lowest BCUT2D eigenvalue weighted by atomic mass is 9.96. The van der Waals surface area contributed by atoms with Gasteiger partial charge in [0.05, 0.1) is 0 Å². The number of aromatic nitrogens is 1. The lowest BCUT2D eigenvalue weighted by Crippen LogP contribution is -2.45. The number of nitrogens with one attached hydrogen (secondary N) is 1. The standard InChI is InChI=1S/C22H34N4O/c27-22(26-15-7-10-20(26)19-8-3-4-9-19)24-17-18-11-12-23-21(16-18)25-13-5-1-2-6-14-25/h11-12,16,19-20H,1-10,13-15,17H2,(H,24,27). The van der Waals surface area contributed by atoms with Crippen LogP contribution >= 0.6 is 0 Å². The molecule has 0 bridgehead atoms. The van der Waals surface area contributed by atoms with E-state index >= 15 is 0 Å². The molecule has 0 radical (unpaired) electrons. The topological polar surface area (TPSA) is 48.5 Å². The van der Waals surface area contributed by atoms with Crippen LogP contribution in [0.15, 0.2) is 18.3 Å². The molecule has 3 aliphatic rings. The number of likely N-dealkylation sites (tertiary alicyclic amines) is 1. The summed E-state index contributed by atoms with van der Waals surface area (Å²) >= 11 is 0. The van der Waals surface area contributed by atoms with Crippen LogP contribution in [0.4, 0.5) is 10.6 Å². The largest absolute Gasteiger partial charge is 0.357 e. The van der Waals surface area contributed by atoms with Gasteiger partial charge in [-0.25, -0.2) is 9.78 Å². The van der Waals surface area contributed by atoms with Gasteiger partial charge in [0.25, 0.3) is 0 Å². The summed E-state index contributed by atoms with van der Waals surface area (Å²) in [4.78, 5) is 21.9. The molecule has 1 saturated carbocycles. The van der Waals surface area contributed by atoms with Gasteiger partial charge < -0.3 is 15.1 Å². The van der Waals surface area contributed by atoms with Gasteiger partial charge in [0, 0.05) is 38.4 Å². The summed E-state index contributed by atoms with van der Waals surface area (Å²) in [5.41, 5.74) is 1.15. The Bertz CT molecular complexity index is 620. The first-order chi connectivity index (χ1) is 13.3. The van der Waals surface area contributed by atoms with Crippen molar-refractivity contribution in [3.8, 4) is 0 Å². The number of hydrogen-bond acceptors (Lipinski definition) is 3. The Balaban J connectivity index is 1.34. The van der Waals surface area contributed by atoms with E-state index in [0.29, 0.717) is 12.6 Å². The van der Waals surface area contributed by atoms with Crippen molar-refractivity contribution in [2.24, 2.45) is 5.92 Å². The molecule has 27 heavy (non-hydrogen) atoms. The van der Waals surface area contributed by atoms with Crippen molar-refractivity contribution in [2.45, 2.75) is 76.8 Å². The lowest BCUT2D eigenvalue weighted by Gasteiger charge is -2.29. The third kappa shape index (κ3) is 4.56. The molecule has 4 rings (SSSR count). The van der Waals surface area contributed by atoms with Gasteiger partial charge in [-0.15, -0.1) is 0 Å². The van der Waals surface area contributed by atoms with Gasteiger partial charge in [-0.2, -0.15) is 0 Å². The molecule has 1 unspecified atom stereocenters. The summed E-state index contributed by atoms with van der Waals surface area (Å²) < 4.78 is 0. The second-order valence-corrected chi connectivity index (χ2v) is 8.53. The quantitative estimate of drug-likeness (QED) is 0.858. The van der Waals surface area contributed by atoms with Crippen molar-refractivity contribution in [3.05, 3.63) is 23.9 Å². The number of anilines is 1. The van der Waals surface area contributed by atoms with Crippen molar-refractivity contribution in [3.63, 3.8) is 0 Å². The van der Waals surface area contributed by atoms with E-state index < -0.39 is 0 Å². The van der Waals surface area contributed by atoms with Crippen LogP contribution in [-0.2, 0) is 6.54 Å². The first-order valence-corrected chi connectivity index (χ1v) is 11.1. The second-order valence-electron chi connectivity index (χ2n) is 8.53. The molecule has 0 aromatic carbocycles. The molecule has 1 aromatic heterocycles. The van der Waals surface area contributed by atoms with Crippen molar-refractivity contribution >= 4 is 11.8 Å². The van der Waals surface area contributed by atoms with Crippen LogP contribution in [0, 0.1) is 5.92 Å². The maximum absolute atomic E-state index is 12.8. The number of hydrogen-bond donors (Lipinski definition) is 1. The van der Waals surface area contributed by atoms with E-state index in [9.17, 15) is 4.79 Å². The van der Waals surface area contributed by atoms with Crippen LogP contribution in [0.25, 0.3) is 0 Å². The summed E-state index contributed by atoms with van der Waals surface area (Å²) in [5, 5.41) is 3.18. The molecule has 3 heterocycles. The Morgan fingerprint density at radius 2 is 1.78 bits per heavy atom. The Morgan fingerprint density at radius 1 is 1.00 bits per heavy atom. The average Bonchev–Trinajstić information content (AvgIpc) is 3.32. The minimum absolute atomic E-state index is 0.123. The molecular weight excluding hydrogens is 336 g/mol. The van der Waals surface area contributed by atoms with Crippen molar-refractivity contribution in [1.29, 1.82) is 0 Å². The van der Waals surface area contributed by atoms with E-state index in [4.69, 9.17) is 0 Å². The van der Waals surface area contributed by atoms with Crippen LogP contribution in [0.2, 0.25) is 0 Å². The number of carbonyl (C=O) groups excluding carboxylic acids is 1. The monoisotopic (exact) mass is 370 g/mol. The van der Waals surface area contributed by atoms with Gasteiger partial charge in [-0.1, -0.05) is 25.7 Å². The molecule has 2 saturated heterocycles. The number of nitrogens with zero attached hydrogens (tertiary/aromatic N) is 3. The molecule has 1 aromatic rings. The van der Waals surface area contributed by atoms with E-state index in [1.165, 1.54) is 57.8 Å². The van der Waals surface area contributed by atoms with Gasteiger partial charge in [0.15, 0.2) is 0 Å². The molecule has 0 spiro atoms. The first kappa shape index (κ1) is 18.6. The number of rotatable bonds is 4. The number of urea groups is 1. The average molecular weight is 371 g/mol. The highest BCUT2D eigenvalue weighted by Gasteiger charge is 2.35. The third-order valence-electron chi connectivity index (χ3n) is 6.69. The Hall–Kier alpha value is -1.78. The molecule has 3 fully saturated rings. The van der Waals surface area contributed by atoms with E-state index in [0.717, 1.165) is 43.4 Å². The molecular formula is C22H34N4O. The Morgan fingerprint density at radius 3 is 2.56 bits per heavy atom. The van der Waals surface area contributed by atoms with E-state index in [2.05, 4.69) is 26.2 Å². The first-order valence-electron chi connectivity index (χ1n) is 11.1. The predicted molar refractivity (Wildman–Crippen MR) is 109 cm³/mol. The molecule has 1 atom stereocenters. The fourth-order valence-electron chi connectivity index (χ4n) is 5.20. The predicted octanol–water partition coefficient (Wildman–Crippen LogP) is 4.33. The molecule has 148 valence electrons. The summed E-state index contributed by atoms with van der Waals surface area (Å²) in [6.45, 7) is 3.71. The fraction of sp³-hybridized carbons (Fsp3) is 0.727. The van der Waals surface area contributed by atoms with Crippen LogP contribution < -0.4 is 10.2 Å². The number of carbonyl (C=O) groups is 1. The summed E-state index contributed by atoms with van der Waals surface area (Å²) in [5.74, 6) is 1.79. The van der Waals surface area contributed by atoms with Crippen LogP contribution in [0.3, 0.4) is 0 Å². The minimum atomic E-state index is 0.123. The van der Waals surface area contributed by atoms with E-state index in [1.807, 2.05) is 12.3 Å². The van der Waals surface area contributed by atoms with Crippen LogP contribution in [0.1, 0.15) is 69.8 Å². The smallest absolute Gasteiger partial charge is 0.317 e. The van der Waals surface area contributed by atoms with Gasteiger partial charge in [-0.3, -0.25) is 0 Å². The Labute approximate surface area is 163 Å². The zero-order valence-electron chi connectivity index (χ0n) is 16.5. The minimum Gasteiger partial charge on any atom is -0.357 e. The van der Waals surface area contributed by atoms with E-state index in [1.54, 1.807) is 0 Å². The molecule has 1 N–H and O–H groups in total. The summed E-state index contributed by atoms with van der Waals surface area (Å²) in [6.07, 6.45) is 14.7. The van der Waals surface area contributed by atoms with Crippen molar-refractivity contribution in [1.82, 2.24) is 15.2 Å². The SMILES string of the molecule is O=C(NCc1ccnc(N2CCCCCC2)c1)N1CCCC1C1CCCC1. The zero-order valence-corrected chi connectivity index (χ0v) is 16.5. The maximum atomic E-state index is 12.8. The zero-order chi connectivity index (χ0) is 18.5. The third-order valence-corrected chi connectivity index (χ3v) is 6.69. The summed E-state index contributed by atoms with van der Waals surface area (Å²) in [7, 11) is 0. The number of amides is 2. The van der Waals surface area contributed by atoms with Gasteiger partial charge in [-0.05, 0) is 62.1 Å². The lowest BCUT2D eigenvalue weighted by molar-refractivity contribution is 0.172. The van der Waals surface area contributed by atoms with Gasteiger partial charge in [0.1, 0.15) is 5.82 Å². The van der Waals surface area contributed by atoms with Crippen molar-refractivity contribution < 1.29 is 4.79 Å².